The summed E-state index contributed by atoms with van der Waals surface area (Å²) in [4.78, 5) is 12.7. The van der Waals surface area contributed by atoms with Gasteiger partial charge in [0, 0.05) is 22.8 Å². The van der Waals surface area contributed by atoms with E-state index in [9.17, 15) is 22.7 Å². The van der Waals surface area contributed by atoms with Crippen molar-refractivity contribution >= 4 is 21.7 Å². The number of hydrogen-bond donors (Lipinski definition) is 1. The number of nitrogens with zero attached hydrogens (tertiary/aromatic N) is 1. The van der Waals surface area contributed by atoms with Crippen LogP contribution in [0.4, 0.5) is 14.5 Å². The summed E-state index contributed by atoms with van der Waals surface area (Å²) in [6.45, 7) is 10.2. The number of carboxylic acids is 1. The van der Waals surface area contributed by atoms with E-state index in [-0.39, 0.29) is 34.5 Å². The monoisotopic (exact) mass is 543 g/mol. The highest BCUT2D eigenvalue weighted by Crippen LogP contribution is 2.52. The van der Waals surface area contributed by atoms with Crippen LogP contribution in [-0.2, 0) is 26.1 Å². The van der Waals surface area contributed by atoms with Gasteiger partial charge < -0.3 is 9.84 Å². The minimum absolute atomic E-state index is 0.102. The number of carbonyl (C=O) groups is 1. The summed E-state index contributed by atoms with van der Waals surface area (Å²) in [7, 11) is -3.93. The lowest BCUT2D eigenvalue weighted by Gasteiger charge is -2.37. The molecule has 3 aromatic rings. The Morgan fingerprint density at radius 2 is 1.61 bits per heavy atom. The zero-order valence-corrected chi connectivity index (χ0v) is 23.3. The average Bonchev–Trinajstić information content (AvgIpc) is 2.78. The molecule has 1 heterocycles. The minimum atomic E-state index is -3.93. The van der Waals surface area contributed by atoms with E-state index in [0.717, 1.165) is 28.3 Å². The molecule has 1 atom stereocenters. The Morgan fingerprint density at radius 1 is 1.00 bits per heavy atom. The molecule has 1 N–H and O–H groups in total. The van der Waals surface area contributed by atoms with Crippen LogP contribution in [0.1, 0.15) is 54.7 Å². The molecule has 0 bridgehead atoms. The number of benzene rings is 3. The number of anilines is 1. The van der Waals surface area contributed by atoms with E-state index in [1.165, 1.54) is 0 Å². The first-order valence-corrected chi connectivity index (χ1v) is 14.0. The van der Waals surface area contributed by atoms with Crippen LogP contribution >= 0.6 is 0 Å². The van der Waals surface area contributed by atoms with Crippen molar-refractivity contribution in [1.82, 2.24) is 0 Å². The van der Waals surface area contributed by atoms with Crippen LogP contribution in [-0.4, -0.2) is 31.4 Å². The number of halogens is 2. The lowest BCUT2D eigenvalue weighted by atomic mass is 9.80. The second-order valence-corrected chi connectivity index (χ2v) is 12.7. The summed E-state index contributed by atoms with van der Waals surface area (Å²) in [6.07, 6.45) is -0.434. The smallest absolute Gasteiger partial charge is 0.337 e. The molecular weight excluding hydrogens is 512 g/mol. The van der Waals surface area contributed by atoms with Gasteiger partial charge in [-0.3, -0.25) is 4.31 Å². The lowest BCUT2D eigenvalue weighted by molar-refractivity contribution is -0.160. The van der Waals surface area contributed by atoms with Crippen LogP contribution in [0.15, 0.2) is 36.4 Å². The van der Waals surface area contributed by atoms with Crippen molar-refractivity contribution in [2.24, 2.45) is 0 Å². The predicted molar refractivity (Wildman–Crippen MR) is 144 cm³/mol. The molecule has 9 heteroatoms. The Hall–Kier alpha value is -3.30. The molecule has 4 rings (SSSR count). The second kappa shape index (κ2) is 9.47. The van der Waals surface area contributed by atoms with Gasteiger partial charge in [0.05, 0.1) is 24.1 Å². The van der Waals surface area contributed by atoms with E-state index in [1.807, 2.05) is 31.2 Å². The van der Waals surface area contributed by atoms with Gasteiger partial charge in [-0.2, -0.15) is 0 Å². The van der Waals surface area contributed by atoms with E-state index in [0.29, 0.717) is 22.3 Å². The molecule has 0 fully saturated rings. The first kappa shape index (κ1) is 27.7. The third-order valence-corrected chi connectivity index (χ3v) is 7.78. The van der Waals surface area contributed by atoms with Gasteiger partial charge in [0.2, 0.25) is 10.0 Å². The van der Waals surface area contributed by atoms with Crippen molar-refractivity contribution in [3.8, 4) is 22.3 Å². The van der Waals surface area contributed by atoms with Gasteiger partial charge in [-0.15, -0.1) is 0 Å². The van der Waals surface area contributed by atoms with Crippen LogP contribution in [0.5, 0.6) is 0 Å². The number of aryl methyl sites for hydroxylation is 1. The van der Waals surface area contributed by atoms with Crippen molar-refractivity contribution in [1.29, 1.82) is 0 Å². The topological polar surface area (TPSA) is 83.9 Å². The second-order valence-electron chi connectivity index (χ2n) is 10.8. The lowest BCUT2D eigenvalue weighted by Crippen LogP contribution is -2.35. The Morgan fingerprint density at radius 3 is 2.13 bits per heavy atom. The highest BCUT2D eigenvalue weighted by Gasteiger charge is 2.39. The average molecular weight is 544 g/mol. The molecule has 0 spiro atoms. The molecule has 0 unspecified atom stereocenters. The van der Waals surface area contributed by atoms with E-state index in [1.54, 1.807) is 34.6 Å². The highest BCUT2D eigenvalue weighted by atomic mass is 32.2. The third kappa shape index (κ3) is 4.92. The molecule has 38 heavy (non-hydrogen) atoms. The summed E-state index contributed by atoms with van der Waals surface area (Å²) >= 11 is 0. The van der Waals surface area contributed by atoms with Crippen molar-refractivity contribution in [2.45, 2.75) is 59.8 Å². The van der Waals surface area contributed by atoms with E-state index >= 15 is 4.39 Å². The number of sulfonamides is 1. The van der Waals surface area contributed by atoms with Crippen molar-refractivity contribution in [3.63, 3.8) is 0 Å². The molecule has 0 radical (unpaired) electrons. The van der Waals surface area contributed by atoms with Crippen LogP contribution in [0.25, 0.3) is 22.3 Å². The summed E-state index contributed by atoms with van der Waals surface area (Å²) in [5, 5.41) is 10.3. The molecule has 6 nitrogen and oxygen atoms in total. The Balaban J connectivity index is 2.24. The molecule has 0 amide bonds. The molecule has 0 aromatic heterocycles. The van der Waals surface area contributed by atoms with Gasteiger partial charge in [-0.1, -0.05) is 29.8 Å². The van der Waals surface area contributed by atoms with E-state index < -0.39 is 39.3 Å². The van der Waals surface area contributed by atoms with E-state index in [4.69, 9.17) is 4.74 Å². The van der Waals surface area contributed by atoms with Crippen molar-refractivity contribution in [3.05, 3.63) is 75.8 Å². The van der Waals surface area contributed by atoms with Gasteiger partial charge in [-0.05, 0) is 75.4 Å². The zero-order valence-electron chi connectivity index (χ0n) is 22.4. The van der Waals surface area contributed by atoms with Gasteiger partial charge in [0.1, 0.15) is 11.6 Å². The largest absolute Gasteiger partial charge is 0.479 e. The fourth-order valence-corrected chi connectivity index (χ4v) is 6.11. The molecular formula is C29H31F2NO5S. The molecule has 202 valence electrons. The maximum atomic E-state index is 15.4. The third-order valence-electron chi connectivity index (χ3n) is 6.66. The molecule has 1 aliphatic heterocycles. The Bertz CT molecular complexity index is 1560. The highest BCUT2D eigenvalue weighted by molar-refractivity contribution is 7.92. The van der Waals surface area contributed by atoms with Gasteiger partial charge in [0.25, 0.3) is 0 Å². The molecule has 0 aliphatic carbocycles. The van der Waals surface area contributed by atoms with Gasteiger partial charge >= 0.3 is 5.97 Å². The maximum Gasteiger partial charge on any atom is 0.337 e. The Labute approximate surface area is 221 Å². The molecule has 0 saturated carbocycles. The van der Waals surface area contributed by atoms with Crippen LogP contribution in [0.2, 0.25) is 0 Å². The number of fused-ring (bicyclic) bond motifs is 3. The quantitative estimate of drug-likeness (QED) is 0.400. The number of hydrogen-bond acceptors (Lipinski definition) is 4. The summed E-state index contributed by atoms with van der Waals surface area (Å²) in [5.74, 6) is -2.88. The standard InChI is InChI=1S/C29H31F2NO5S/c1-15-8-10-18(11-9-15)22-16(2)23-25-19(12-20(30)13-21(25)31)14-32(38(7,35)36)26(23)17(3)24(22)27(28(33)34)37-29(4,5)6/h8-13,27H,14H2,1-7H3,(H,33,34)/t27-/m0/s1. The van der Waals surface area contributed by atoms with Crippen LogP contribution in [0.3, 0.4) is 0 Å². The maximum absolute atomic E-state index is 15.4. The van der Waals surface area contributed by atoms with Crippen LogP contribution < -0.4 is 4.31 Å². The molecule has 0 saturated heterocycles. The normalized spacial score (nSPS) is 14.2. The Kier molecular flexibility index (Phi) is 6.91. The van der Waals surface area contributed by atoms with E-state index in [2.05, 4.69) is 0 Å². The molecule has 1 aliphatic rings. The summed E-state index contributed by atoms with van der Waals surface area (Å²) in [6, 6.07) is 9.33. The number of aliphatic carboxylic acids is 1. The van der Waals surface area contributed by atoms with Gasteiger partial charge in [-0.25, -0.2) is 22.0 Å². The predicted octanol–water partition coefficient (Wildman–Crippen LogP) is 6.44. The van der Waals surface area contributed by atoms with Crippen molar-refractivity contribution < 1.29 is 31.8 Å². The fourth-order valence-electron chi connectivity index (χ4n) is 5.18. The first-order valence-electron chi connectivity index (χ1n) is 12.1. The zero-order chi connectivity index (χ0) is 28.3. The van der Waals surface area contributed by atoms with Crippen molar-refractivity contribution in [2.75, 3.05) is 10.6 Å². The summed E-state index contributed by atoms with van der Waals surface area (Å²) < 4.78 is 62.8. The number of ether oxygens (including phenoxy) is 1. The first-order chi connectivity index (χ1) is 17.5. The number of rotatable bonds is 5. The summed E-state index contributed by atoms with van der Waals surface area (Å²) in [5.41, 5.74) is 3.12. The van der Waals surface area contributed by atoms with Gasteiger partial charge in [0.15, 0.2) is 6.10 Å². The fraction of sp³-hybridized carbons (Fsp3) is 0.345. The minimum Gasteiger partial charge on any atom is -0.479 e. The number of carboxylic acid groups (broad SMARTS) is 1. The SMILES string of the molecule is Cc1ccc(-c2c(C)c3c(c(C)c2[C@H](OC(C)(C)C)C(=O)O)N(S(C)(=O)=O)Cc2cc(F)cc(F)c2-3)cc1. The molecule has 3 aromatic carbocycles. The van der Waals surface area contributed by atoms with Crippen LogP contribution in [0, 0.1) is 32.4 Å².